The fraction of sp³-hybridized carbons (Fsp3) is 0.611. The van der Waals surface area contributed by atoms with E-state index in [0.29, 0.717) is 11.8 Å². The summed E-state index contributed by atoms with van der Waals surface area (Å²) in [5, 5.41) is 4.12. The first-order valence-electron chi connectivity index (χ1n) is 8.57. The zero-order chi connectivity index (χ0) is 17.4. The van der Waals surface area contributed by atoms with Crippen LogP contribution in [-0.2, 0) is 6.54 Å². The Balaban J connectivity index is 2.13. The Hall–Kier alpha value is -1.56. The molecule has 0 aliphatic carbocycles. The molecule has 1 N–H and O–H groups in total. The van der Waals surface area contributed by atoms with Crippen LogP contribution in [0.2, 0.25) is 0 Å². The second kappa shape index (κ2) is 9.67. The van der Waals surface area contributed by atoms with E-state index < -0.39 is 0 Å². The SMILES string of the molecule is CCNC(=NCc1ccc(OC)cc1OC)N1CCSC(CC)C1. The van der Waals surface area contributed by atoms with E-state index in [1.165, 1.54) is 6.42 Å². The van der Waals surface area contributed by atoms with E-state index >= 15 is 0 Å². The summed E-state index contributed by atoms with van der Waals surface area (Å²) in [5.74, 6) is 3.77. The molecule has 6 heteroatoms. The van der Waals surface area contributed by atoms with Crippen LogP contribution in [-0.4, -0.2) is 55.7 Å². The minimum atomic E-state index is 0.593. The standard InChI is InChI=1S/C18H29N3O2S/c1-5-16-13-21(9-10-24-16)18(19-6-2)20-12-14-7-8-15(22-3)11-17(14)23-4/h7-8,11,16H,5-6,9-10,12-13H2,1-4H3,(H,19,20). The Morgan fingerprint density at radius 2 is 2.17 bits per heavy atom. The molecule has 0 saturated carbocycles. The van der Waals surface area contributed by atoms with Gasteiger partial charge in [-0.25, -0.2) is 4.99 Å². The molecule has 1 aromatic carbocycles. The van der Waals surface area contributed by atoms with Crippen LogP contribution in [0.15, 0.2) is 23.2 Å². The summed E-state index contributed by atoms with van der Waals surface area (Å²) < 4.78 is 10.7. The molecule has 1 fully saturated rings. The molecule has 2 rings (SSSR count). The van der Waals surface area contributed by atoms with Crippen molar-refractivity contribution in [1.82, 2.24) is 10.2 Å². The lowest BCUT2D eigenvalue weighted by atomic mass is 10.2. The molecule has 0 radical (unpaired) electrons. The van der Waals surface area contributed by atoms with Crippen molar-refractivity contribution >= 4 is 17.7 Å². The zero-order valence-electron chi connectivity index (χ0n) is 15.2. The van der Waals surface area contributed by atoms with Crippen molar-refractivity contribution in [2.45, 2.75) is 32.1 Å². The number of hydrogen-bond acceptors (Lipinski definition) is 4. The molecule has 0 bridgehead atoms. The molecule has 5 nitrogen and oxygen atoms in total. The third kappa shape index (κ3) is 4.97. The van der Waals surface area contributed by atoms with E-state index in [-0.39, 0.29) is 0 Å². The van der Waals surface area contributed by atoms with Gasteiger partial charge in [-0.1, -0.05) is 6.92 Å². The first-order valence-corrected chi connectivity index (χ1v) is 9.62. The molecular formula is C18H29N3O2S. The van der Waals surface area contributed by atoms with E-state index in [4.69, 9.17) is 14.5 Å². The summed E-state index contributed by atoms with van der Waals surface area (Å²) >= 11 is 2.07. The number of methoxy groups -OCH3 is 2. The molecule has 1 atom stereocenters. The smallest absolute Gasteiger partial charge is 0.194 e. The number of benzene rings is 1. The van der Waals surface area contributed by atoms with Crippen LogP contribution in [0.25, 0.3) is 0 Å². The molecule has 1 heterocycles. The maximum Gasteiger partial charge on any atom is 0.194 e. The van der Waals surface area contributed by atoms with Crippen molar-refractivity contribution in [2.75, 3.05) is 39.6 Å². The number of nitrogens with zero attached hydrogens (tertiary/aromatic N) is 2. The highest BCUT2D eigenvalue weighted by Gasteiger charge is 2.21. The summed E-state index contributed by atoms with van der Waals surface area (Å²) in [5.41, 5.74) is 1.06. The number of hydrogen-bond donors (Lipinski definition) is 1. The van der Waals surface area contributed by atoms with Crippen molar-refractivity contribution in [3.05, 3.63) is 23.8 Å². The Morgan fingerprint density at radius 1 is 1.33 bits per heavy atom. The van der Waals surface area contributed by atoms with Crippen LogP contribution in [0, 0.1) is 0 Å². The van der Waals surface area contributed by atoms with Crippen LogP contribution >= 0.6 is 11.8 Å². The molecule has 1 saturated heterocycles. The largest absolute Gasteiger partial charge is 0.497 e. The van der Waals surface area contributed by atoms with Crippen molar-refractivity contribution in [1.29, 1.82) is 0 Å². The van der Waals surface area contributed by atoms with Crippen molar-refractivity contribution < 1.29 is 9.47 Å². The fourth-order valence-corrected chi connectivity index (χ4v) is 3.91. The summed E-state index contributed by atoms with van der Waals surface area (Å²) in [4.78, 5) is 7.22. The van der Waals surface area contributed by atoms with Gasteiger partial charge in [-0.05, 0) is 25.5 Å². The first-order chi connectivity index (χ1) is 11.7. The second-order valence-electron chi connectivity index (χ2n) is 5.70. The summed E-state index contributed by atoms with van der Waals surface area (Å²) in [6.45, 7) is 7.95. The average Bonchev–Trinajstić information content (AvgIpc) is 2.65. The predicted molar refractivity (Wildman–Crippen MR) is 102 cm³/mol. The van der Waals surface area contributed by atoms with E-state index in [0.717, 1.165) is 48.4 Å². The van der Waals surface area contributed by atoms with Gasteiger partial charge in [0.05, 0.1) is 20.8 Å². The molecule has 134 valence electrons. The van der Waals surface area contributed by atoms with E-state index in [1.54, 1.807) is 14.2 Å². The molecular weight excluding hydrogens is 322 g/mol. The summed E-state index contributed by atoms with van der Waals surface area (Å²) in [6.07, 6.45) is 1.20. The van der Waals surface area contributed by atoms with Crippen LogP contribution < -0.4 is 14.8 Å². The summed E-state index contributed by atoms with van der Waals surface area (Å²) in [7, 11) is 3.34. The van der Waals surface area contributed by atoms with Gasteiger partial charge < -0.3 is 19.7 Å². The van der Waals surface area contributed by atoms with Gasteiger partial charge >= 0.3 is 0 Å². The van der Waals surface area contributed by atoms with Gasteiger partial charge in [0.2, 0.25) is 0 Å². The quantitative estimate of drug-likeness (QED) is 0.631. The third-order valence-corrected chi connectivity index (χ3v) is 5.49. The number of ether oxygens (including phenoxy) is 2. The van der Waals surface area contributed by atoms with E-state index in [2.05, 4.69) is 35.8 Å². The number of thioether (sulfide) groups is 1. The molecule has 24 heavy (non-hydrogen) atoms. The van der Waals surface area contributed by atoms with Crippen molar-refractivity contribution in [3.63, 3.8) is 0 Å². The maximum atomic E-state index is 5.47. The zero-order valence-corrected chi connectivity index (χ0v) is 16.0. The highest BCUT2D eigenvalue weighted by Crippen LogP contribution is 2.25. The van der Waals surface area contributed by atoms with Gasteiger partial charge in [-0.15, -0.1) is 0 Å². The van der Waals surface area contributed by atoms with Gasteiger partial charge in [0.1, 0.15) is 11.5 Å². The first kappa shape index (κ1) is 18.8. The lowest BCUT2D eigenvalue weighted by Gasteiger charge is -2.34. The number of guanidine groups is 1. The third-order valence-electron chi connectivity index (χ3n) is 4.12. The Kier molecular flexibility index (Phi) is 7.56. The van der Waals surface area contributed by atoms with Crippen molar-refractivity contribution in [3.8, 4) is 11.5 Å². The lowest BCUT2D eigenvalue weighted by Crippen LogP contribution is -2.48. The monoisotopic (exact) mass is 351 g/mol. The molecule has 1 unspecified atom stereocenters. The number of nitrogens with one attached hydrogen (secondary N) is 1. The average molecular weight is 352 g/mol. The topological polar surface area (TPSA) is 46.1 Å². The van der Waals surface area contributed by atoms with Crippen LogP contribution in [0.4, 0.5) is 0 Å². The van der Waals surface area contributed by atoms with Gasteiger partial charge in [0, 0.05) is 42.3 Å². The Labute approximate surface area is 149 Å². The van der Waals surface area contributed by atoms with E-state index in [1.807, 2.05) is 18.2 Å². The highest BCUT2D eigenvalue weighted by atomic mass is 32.2. The minimum Gasteiger partial charge on any atom is -0.497 e. The van der Waals surface area contributed by atoms with Gasteiger partial charge in [-0.3, -0.25) is 0 Å². The van der Waals surface area contributed by atoms with Gasteiger partial charge in [0.15, 0.2) is 5.96 Å². The van der Waals surface area contributed by atoms with Crippen LogP contribution in [0.1, 0.15) is 25.8 Å². The maximum absolute atomic E-state index is 5.47. The van der Waals surface area contributed by atoms with Gasteiger partial charge in [-0.2, -0.15) is 11.8 Å². The molecule has 1 aliphatic rings. The molecule has 0 spiro atoms. The number of aliphatic imine (C=N–C) groups is 1. The molecule has 0 amide bonds. The van der Waals surface area contributed by atoms with Crippen LogP contribution in [0.3, 0.4) is 0 Å². The van der Waals surface area contributed by atoms with Gasteiger partial charge in [0.25, 0.3) is 0 Å². The van der Waals surface area contributed by atoms with E-state index in [9.17, 15) is 0 Å². The molecule has 1 aromatic rings. The fourth-order valence-electron chi connectivity index (χ4n) is 2.73. The lowest BCUT2D eigenvalue weighted by molar-refractivity contribution is 0.390. The Morgan fingerprint density at radius 3 is 2.83 bits per heavy atom. The summed E-state index contributed by atoms with van der Waals surface area (Å²) in [6, 6.07) is 5.87. The molecule has 0 aromatic heterocycles. The molecule has 1 aliphatic heterocycles. The number of rotatable bonds is 6. The Bertz CT molecular complexity index is 551. The second-order valence-corrected chi connectivity index (χ2v) is 7.10. The normalized spacial score (nSPS) is 18.4. The van der Waals surface area contributed by atoms with Crippen molar-refractivity contribution in [2.24, 2.45) is 4.99 Å². The predicted octanol–water partition coefficient (Wildman–Crippen LogP) is 3.00. The minimum absolute atomic E-state index is 0.593. The van der Waals surface area contributed by atoms with Crippen LogP contribution in [0.5, 0.6) is 11.5 Å². The highest BCUT2D eigenvalue weighted by molar-refractivity contribution is 8.00.